The van der Waals surface area contributed by atoms with Crippen molar-refractivity contribution in [3.8, 4) is 0 Å². The van der Waals surface area contributed by atoms with Gasteiger partial charge in [-0.2, -0.15) is 0 Å². The van der Waals surface area contributed by atoms with Crippen molar-refractivity contribution in [2.24, 2.45) is 0 Å². The van der Waals surface area contributed by atoms with Gasteiger partial charge in [-0.3, -0.25) is 4.90 Å². The Hall–Kier alpha value is -1.50. The van der Waals surface area contributed by atoms with Crippen LogP contribution in [0, 0.1) is 0 Å². The van der Waals surface area contributed by atoms with Gasteiger partial charge in [-0.25, -0.2) is 9.59 Å². The van der Waals surface area contributed by atoms with Gasteiger partial charge >= 0.3 is 12.2 Å². The van der Waals surface area contributed by atoms with Gasteiger partial charge in [0.15, 0.2) is 0 Å². The van der Waals surface area contributed by atoms with Crippen molar-refractivity contribution in [2.75, 3.05) is 39.3 Å². The first-order chi connectivity index (χ1) is 9.33. The van der Waals surface area contributed by atoms with Crippen LogP contribution in [-0.4, -0.2) is 73.0 Å². The largest absolute Gasteiger partial charge is 0.444 e. The van der Waals surface area contributed by atoms with Crippen LogP contribution in [0.2, 0.25) is 0 Å². The molecule has 2 aliphatic rings. The minimum Gasteiger partial charge on any atom is -0.444 e. The maximum Gasteiger partial charge on any atom is 0.410 e. The van der Waals surface area contributed by atoms with Crippen molar-refractivity contribution in [2.45, 2.75) is 32.5 Å². The molecule has 114 valence electrons. The van der Waals surface area contributed by atoms with E-state index in [1.807, 2.05) is 20.8 Å². The summed E-state index contributed by atoms with van der Waals surface area (Å²) >= 11 is 0. The van der Waals surface area contributed by atoms with Gasteiger partial charge in [-0.1, -0.05) is 0 Å². The molecule has 2 fully saturated rings. The van der Waals surface area contributed by atoms with Crippen LogP contribution in [0.25, 0.3) is 0 Å². The van der Waals surface area contributed by atoms with Gasteiger partial charge in [0.2, 0.25) is 0 Å². The van der Waals surface area contributed by atoms with Gasteiger partial charge in [0.05, 0.1) is 6.54 Å². The Kier molecular flexibility index (Phi) is 4.37. The molecule has 0 aromatic carbocycles. The van der Waals surface area contributed by atoms with E-state index in [0.717, 1.165) is 13.1 Å². The fourth-order valence-electron chi connectivity index (χ4n) is 2.26. The molecule has 2 heterocycles. The number of hydrogen-bond donors (Lipinski definition) is 1. The lowest BCUT2D eigenvalue weighted by Gasteiger charge is -2.36. The number of cyclic esters (lactones) is 1. The van der Waals surface area contributed by atoms with E-state index in [-0.39, 0.29) is 18.3 Å². The fraction of sp³-hybridized carbons (Fsp3) is 0.846. The van der Waals surface area contributed by atoms with Crippen molar-refractivity contribution in [3.05, 3.63) is 0 Å². The second kappa shape index (κ2) is 5.87. The zero-order valence-corrected chi connectivity index (χ0v) is 12.3. The predicted molar refractivity (Wildman–Crippen MR) is 72.5 cm³/mol. The first-order valence-electron chi connectivity index (χ1n) is 6.98. The van der Waals surface area contributed by atoms with E-state index in [0.29, 0.717) is 26.2 Å². The summed E-state index contributed by atoms with van der Waals surface area (Å²) < 4.78 is 10.5. The summed E-state index contributed by atoms with van der Waals surface area (Å²) in [5, 5.41) is 2.64. The molecule has 0 aliphatic carbocycles. The number of nitrogens with zero attached hydrogens (tertiary/aromatic N) is 2. The van der Waals surface area contributed by atoms with E-state index in [2.05, 4.69) is 10.2 Å². The third kappa shape index (κ3) is 4.26. The average molecular weight is 285 g/mol. The Bertz CT molecular complexity index is 372. The summed E-state index contributed by atoms with van der Waals surface area (Å²) in [7, 11) is 0. The maximum absolute atomic E-state index is 11.9. The minimum atomic E-state index is -0.460. The van der Waals surface area contributed by atoms with Crippen LogP contribution in [0.15, 0.2) is 0 Å². The Morgan fingerprint density at radius 2 is 2.00 bits per heavy atom. The third-order valence-electron chi connectivity index (χ3n) is 3.23. The van der Waals surface area contributed by atoms with Crippen LogP contribution in [-0.2, 0) is 9.47 Å². The lowest BCUT2D eigenvalue weighted by Crippen LogP contribution is -2.51. The molecule has 2 saturated heterocycles. The molecule has 20 heavy (non-hydrogen) atoms. The van der Waals surface area contributed by atoms with Crippen LogP contribution in [0.4, 0.5) is 9.59 Å². The van der Waals surface area contributed by atoms with Gasteiger partial charge in [-0.15, -0.1) is 0 Å². The van der Waals surface area contributed by atoms with Crippen LogP contribution in [0.1, 0.15) is 20.8 Å². The topological polar surface area (TPSA) is 71.1 Å². The average Bonchev–Trinajstić information content (AvgIpc) is 2.73. The van der Waals surface area contributed by atoms with Gasteiger partial charge in [0, 0.05) is 32.7 Å². The summed E-state index contributed by atoms with van der Waals surface area (Å²) in [4.78, 5) is 26.8. The summed E-state index contributed by atoms with van der Waals surface area (Å²) in [6.07, 6.45) is -0.691. The highest BCUT2D eigenvalue weighted by Gasteiger charge is 2.29. The summed E-state index contributed by atoms with van der Waals surface area (Å²) in [6, 6.07) is 0. The van der Waals surface area contributed by atoms with Crippen LogP contribution < -0.4 is 5.32 Å². The lowest BCUT2D eigenvalue weighted by molar-refractivity contribution is 0.0113. The third-order valence-corrected chi connectivity index (χ3v) is 3.23. The van der Waals surface area contributed by atoms with Crippen LogP contribution >= 0.6 is 0 Å². The lowest BCUT2D eigenvalue weighted by atomic mass is 10.2. The second-order valence-electron chi connectivity index (χ2n) is 6.18. The van der Waals surface area contributed by atoms with Crippen molar-refractivity contribution in [1.82, 2.24) is 15.1 Å². The van der Waals surface area contributed by atoms with Gasteiger partial charge in [0.1, 0.15) is 11.7 Å². The standard InChI is InChI=1S/C13H23N3O4/c1-13(2,3)20-12(18)16-6-4-15(5-7-16)9-10-8-14-11(17)19-10/h10H,4-9H2,1-3H3,(H,14,17)/t10-/m0/s1. The van der Waals surface area contributed by atoms with Crippen molar-refractivity contribution in [3.63, 3.8) is 0 Å². The van der Waals surface area contributed by atoms with Gasteiger partial charge in [0.25, 0.3) is 0 Å². The molecule has 2 amide bonds. The molecule has 0 saturated carbocycles. The molecule has 7 nitrogen and oxygen atoms in total. The number of amides is 2. The number of nitrogens with one attached hydrogen (secondary N) is 1. The fourth-order valence-corrected chi connectivity index (χ4v) is 2.26. The molecule has 0 unspecified atom stereocenters. The number of hydrogen-bond acceptors (Lipinski definition) is 5. The molecule has 2 aliphatic heterocycles. The van der Waals surface area contributed by atoms with Gasteiger partial charge < -0.3 is 19.7 Å². The second-order valence-corrected chi connectivity index (χ2v) is 6.18. The molecule has 0 bridgehead atoms. The number of carbonyl (C=O) groups is 2. The molecule has 0 aromatic heterocycles. The Morgan fingerprint density at radius 3 is 2.50 bits per heavy atom. The molecule has 7 heteroatoms. The minimum absolute atomic E-state index is 0.0874. The van der Waals surface area contributed by atoms with Crippen molar-refractivity contribution in [1.29, 1.82) is 0 Å². The first-order valence-corrected chi connectivity index (χ1v) is 6.98. The molecule has 1 N–H and O–H groups in total. The highest BCUT2D eigenvalue weighted by molar-refractivity contribution is 5.69. The van der Waals surface area contributed by atoms with E-state index in [1.54, 1.807) is 4.90 Å². The van der Waals surface area contributed by atoms with Crippen molar-refractivity contribution >= 4 is 12.2 Å². The number of ether oxygens (including phenoxy) is 2. The maximum atomic E-state index is 11.9. The molecule has 0 aromatic rings. The molecular weight excluding hydrogens is 262 g/mol. The summed E-state index contributed by atoms with van der Waals surface area (Å²) in [6.45, 7) is 9.69. The smallest absolute Gasteiger partial charge is 0.410 e. The van der Waals surface area contributed by atoms with E-state index in [1.165, 1.54) is 0 Å². The van der Waals surface area contributed by atoms with Crippen molar-refractivity contribution < 1.29 is 19.1 Å². The van der Waals surface area contributed by atoms with Crippen LogP contribution in [0.3, 0.4) is 0 Å². The molecule has 0 spiro atoms. The molecule has 2 rings (SSSR count). The number of alkyl carbamates (subject to hydrolysis) is 1. The highest BCUT2D eigenvalue weighted by atomic mass is 16.6. The Morgan fingerprint density at radius 1 is 1.35 bits per heavy atom. The monoisotopic (exact) mass is 285 g/mol. The SMILES string of the molecule is CC(C)(C)OC(=O)N1CCN(C[C@@H]2CNC(=O)O2)CC1. The normalized spacial score (nSPS) is 24.2. The summed E-state index contributed by atoms with van der Waals surface area (Å²) in [5.74, 6) is 0. The molecule has 0 radical (unpaired) electrons. The predicted octanol–water partition coefficient (Wildman–Crippen LogP) is 0.648. The number of piperazine rings is 1. The molecule has 1 atom stereocenters. The zero-order valence-electron chi connectivity index (χ0n) is 12.3. The Labute approximate surface area is 119 Å². The van der Waals surface area contributed by atoms with E-state index >= 15 is 0 Å². The van der Waals surface area contributed by atoms with Crippen LogP contribution in [0.5, 0.6) is 0 Å². The van der Waals surface area contributed by atoms with E-state index < -0.39 is 5.60 Å². The summed E-state index contributed by atoms with van der Waals surface area (Å²) in [5.41, 5.74) is -0.460. The van der Waals surface area contributed by atoms with E-state index in [9.17, 15) is 9.59 Å². The zero-order chi connectivity index (χ0) is 14.8. The molecular formula is C13H23N3O4. The number of rotatable bonds is 2. The van der Waals surface area contributed by atoms with E-state index in [4.69, 9.17) is 9.47 Å². The van der Waals surface area contributed by atoms with Gasteiger partial charge in [-0.05, 0) is 20.8 Å². The quantitative estimate of drug-likeness (QED) is 0.806. The Balaban J connectivity index is 1.72. The number of carbonyl (C=O) groups excluding carboxylic acids is 2. The highest BCUT2D eigenvalue weighted by Crippen LogP contribution is 2.12. The first kappa shape index (κ1) is 14.9.